The fraction of sp³-hybridized carbons (Fsp3) is 0.316. The second-order valence-electron chi connectivity index (χ2n) is 5.90. The minimum Gasteiger partial charge on any atom is -0.348 e. The molecule has 2 aromatic rings. The van der Waals surface area contributed by atoms with Crippen molar-refractivity contribution in [3.63, 3.8) is 0 Å². The largest absolute Gasteiger partial charge is 0.348 e. The van der Waals surface area contributed by atoms with E-state index in [1.165, 1.54) is 10.4 Å². The van der Waals surface area contributed by atoms with E-state index in [9.17, 15) is 17.6 Å². The molecular weight excluding hydrogens is 355 g/mol. The van der Waals surface area contributed by atoms with E-state index in [4.69, 9.17) is 0 Å². The Morgan fingerprint density at radius 3 is 2.27 bits per heavy atom. The molecule has 7 heteroatoms. The minimum absolute atomic E-state index is 0.0944. The van der Waals surface area contributed by atoms with E-state index in [0.717, 1.165) is 23.3 Å². The summed E-state index contributed by atoms with van der Waals surface area (Å²) in [5.41, 5.74) is 1.68. The summed E-state index contributed by atoms with van der Waals surface area (Å²) in [6, 6.07) is 10.9. The molecule has 0 aliphatic heterocycles. The topological polar surface area (TPSA) is 66.5 Å². The Labute approximate surface area is 153 Å². The average molecular weight is 378 g/mol. The molecule has 0 aromatic heterocycles. The first-order valence-electron chi connectivity index (χ1n) is 8.43. The number of halogens is 1. The molecule has 0 fully saturated rings. The summed E-state index contributed by atoms with van der Waals surface area (Å²) in [5.74, 6) is -1.41. The van der Waals surface area contributed by atoms with Gasteiger partial charge in [-0.1, -0.05) is 43.7 Å². The number of amides is 1. The zero-order valence-corrected chi connectivity index (χ0v) is 15.9. The van der Waals surface area contributed by atoms with Crippen LogP contribution >= 0.6 is 0 Å². The van der Waals surface area contributed by atoms with Gasteiger partial charge in [0, 0.05) is 19.6 Å². The van der Waals surface area contributed by atoms with Crippen LogP contribution in [0.1, 0.15) is 35.3 Å². The fourth-order valence-corrected chi connectivity index (χ4v) is 4.02. The molecule has 0 unspecified atom stereocenters. The normalized spacial score (nSPS) is 11.6. The van der Waals surface area contributed by atoms with Crippen LogP contribution < -0.4 is 5.32 Å². The third-order valence-electron chi connectivity index (χ3n) is 4.10. The highest BCUT2D eigenvalue weighted by molar-refractivity contribution is 7.89. The molecule has 0 aliphatic carbocycles. The summed E-state index contributed by atoms with van der Waals surface area (Å²) in [5, 5.41) is 2.62. The number of aryl methyl sites for hydroxylation is 1. The van der Waals surface area contributed by atoms with Gasteiger partial charge >= 0.3 is 0 Å². The van der Waals surface area contributed by atoms with Crippen molar-refractivity contribution < 1.29 is 17.6 Å². The number of nitrogens with one attached hydrogen (secondary N) is 1. The van der Waals surface area contributed by atoms with Crippen molar-refractivity contribution >= 4 is 15.9 Å². The van der Waals surface area contributed by atoms with E-state index in [0.29, 0.717) is 13.1 Å². The van der Waals surface area contributed by atoms with Gasteiger partial charge in [-0.3, -0.25) is 4.79 Å². The molecule has 0 spiro atoms. The second kappa shape index (κ2) is 8.42. The Hall–Kier alpha value is -2.25. The van der Waals surface area contributed by atoms with Crippen LogP contribution in [0.2, 0.25) is 0 Å². The maximum absolute atomic E-state index is 14.1. The maximum Gasteiger partial charge on any atom is 0.254 e. The minimum atomic E-state index is -3.76. The molecule has 2 aromatic carbocycles. The van der Waals surface area contributed by atoms with E-state index in [2.05, 4.69) is 5.32 Å². The molecule has 0 atom stereocenters. The lowest BCUT2D eigenvalue weighted by molar-refractivity contribution is 0.0946. The summed E-state index contributed by atoms with van der Waals surface area (Å²) in [6.07, 6.45) is 0. The molecule has 0 aliphatic rings. The van der Waals surface area contributed by atoms with Gasteiger partial charge in [0.05, 0.1) is 10.5 Å². The zero-order valence-electron chi connectivity index (χ0n) is 15.1. The lowest BCUT2D eigenvalue weighted by Crippen LogP contribution is -2.31. The van der Waals surface area contributed by atoms with E-state index < -0.39 is 21.7 Å². The fourth-order valence-electron chi connectivity index (χ4n) is 2.53. The number of benzene rings is 2. The number of rotatable bonds is 7. The van der Waals surface area contributed by atoms with Gasteiger partial charge in [-0.05, 0) is 30.7 Å². The molecule has 2 rings (SSSR count). The van der Waals surface area contributed by atoms with Crippen LogP contribution in [0.25, 0.3) is 0 Å². The van der Waals surface area contributed by atoms with Crippen LogP contribution in [0.4, 0.5) is 4.39 Å². The van der Waals surface area contributed by atoms with Gasteiger partial charge in [0.25, 0.3) is 5.91 Å². The van der Waals surface area contributed by atoms with Crippen molar-refractivity contribution in [3.05, 3.63) is 65.0 Å². The highest BCUT2D eigenvalue weighted by Crippen LogP contribution is 2.19. The molecule has 1 N–H and O–H groups in total. The van der Waals surface area contributed by atoms with Crippen molar-refractivity contribution in [2.24, 2.45) is 0 Å². The Kier molecular flexibility index (Phi) is 6.50. The van der Waals surface area contributed by atoms with Crippen LogP contribution in [-0.2, 0) is 16.6 Å². The van der Waals surface area contributed by atoms with Crippen molar-refractivity contribution in [2.75, 3.05) is 13.1 Å². The van der Waals surface area contributed by atoms with Crippen molar-refractivity contribution in [3.8, 4) is 0 Å². The number of nitrogens with zero attached hydrogens (tertiary/aromatic N) is 1. The summed E-state index contributed by atoms with van der Waals surface area (Å²) >= 11 is 0. The first kappa shape index (κ1) is 20.1. The van der Waals surface area contributed by atoms with Gasteiger partial charge in [0.15, 0.2) is 0 Å². The first-order chi connectivity index (χ1) is 12.3. The zero-order chi connectivity index (χ0) is 19.3. The SMILES string of the molecule is CCN(CC)S(=O)(=O)c1ccc(F)c(C(=O)NCc2ccc(C)cc2)c1. The smallest absolute Gasteiger partial charge is 0.254 e. The summed E-state index contributed by atoms with van der Waals surface area (Å²) in [6.45, 7) is 6.22. The third kappa shape index (κ3) is 4.47. The van der Waals surface area contributed by atoms with Crippen LogP contribution in [0.15, 0.2) is 47.4 Å². The van der Waals surface area contributed by atoms with Crippen LogP contribution in [0.3, 0.4) is 0 Å². The van der Waals surface area contributed by atoms with Gasteiger partial charge in [0.2, 0.25) is 10.0 Å². The number of sulfonamides is 1. The Morgan fingerprint density at radius 1 is 1.08 bits per heavy atom. The molecule has 5 nitrogen and oxygen atoms in total. The Bertz CT molecular complexity index is 876. The Balaban J connectivity index is 2.23. The summed E-state index contributed by atoms with van der Waals surface area (Å²) in [7, 11) is -3.76. The van der Waals surface area contributed by atoms with Gasteiger partial charge in [-0.2, -0.15) is 4.31 Å². The van der Waals surface area contributed by atoms with E-state index in [1.807, 2.05) is 31.2 Å². The molecule has 0 heterocycles. The number of carbonyl (C=O) groups is 1. The number of hydrogen-bond acceptors (Lipinski definition) is 3. The number of carbonyl (C=O) groups excluding carboxylic acids is 1. The highest BCUT2D eigenvalue weighted by atomic mass is 32.2. The van der Waals surface area contributed by atoms with E-state index in [1.54, 1.807) is 13.8 Å². The van der Waals surface area contributed by atoms with Gasteiger partial charge < -0.3 is 5.32 Å². The molecule has 0 radical (unpaired) electrons. The molecule has 0 bridgehead atoms. The van der Waals surface area contributed by atoms with Crippen molar-refractivity contribution in [1.29, 1.82) is 0 Å². The third-order valence-corrected chi connectivity index (χ3v) is 6.15. The lowest BCUT2D eigenvalue weighted by atomic mass is 10.1. The molecule has 0 saturated heterocycles. The molecule has 140 valence electrons. The molecule has 26 heavy (non-hydrogen) atoms. The van der Waals surface area contributed by atoms with Gasteiger partial charge in [-0.25, -0.2) is 12.8 Å². The monoisotopic (exact) mass is 378 g/mol. The quantitative estimate of drug-likeness (QED) is 0.805. The van der Waals surface area contributed by atoms with Gasteiger partial charge in [-0.15, -0.1) is 0 Å². The van der Waals surface area contributed by atoms with Crippen LogP contribution in [0, 0.1) is 12.7 Å². The average Bonchev–Trinajstić information content (AvgIpc) is 2.62. The van der Waals surface area contributed by atoms with Crippen molar-refractivity contribution in [1.82, 2.24) is 9.62 Å². The van der Waals surface area contributed by atoms with E-state index >= 15 is 0 Å². The van der Waals surface area contributed by atoms with Gasteiger partial charge in [0.1, 0.15) is 5.82 Å². The molecule has 1 amide bonds. The maximum atomic E-state index is 14.1. The summed E-state index contributed by atoms with van der Waals surface area (Å²) in [4.78, 5) is 12.2. The summed E-state index contributed by atoms with van der Waals surface area (Å²) < 4.78 is 40.5. The predicted molar refractivity (Wildman–Crippen MR) is 98.9 cm³/mol. The lowest BCUT2D eigenvalue weighted by Gasteiger charge is -2.19. The Morgan fingerprint density at radius 2 is 1.69 bits per heavy atom. The second-order valence-corrected chi connectivity index (χ2v) is 7.84. The first-order valence-corrected chi connectivity index (χ1v) is 9.87. The number of hydrogen-bond donors (Lipinski definition) is 1. The van der Waals surface area contributed by atoms with Crippen LogP contribution in [0.5, 0.6) is 0 Å². The molecule has 0 saturated carbocycles. The standard InChI is InChI=1S/C19H23FN2O3S/c1-4-22(5-2)26(24,25)16-10-11-18(20)17(12-16)19(23)21-13-15-8-6-14(3)7-9-15/h6-12H,4-5,13H2,1-3H3,(H,21,23). The highest BCUT2D eigenvalue weighted by Gasteiger charge is 2.24. The predicted octanol–water partition coefficient (Wildman–Crippen LogP) is 3.09. The van der Waals surface area contributed by atoms with E-state index in [-0.39, 0.29) is 17.0 Å². The van der Waals surface area contributed by atoms with Crippen molar-refractivity contribution in [2.45, 2.75) is 32.2 Å². The van der Waals surface area contributed by atoms with Crippen LogP contribution in [-0.4, -0.2) is 31.7 Å². The molecular formula is C19H23FN2O3S.